The molecule has 5 heteroatoms. The molecule has 1 saturated heterocycles. The van der Waals surface area contributed by atoms with Crippen LogP contribution in [0.5, 0.6) is 0 Å². The minimum atomic E-state index is 0.299. The quantitative estimate of drug-likeness (QED) is 0.807. The number of rotatable bonds is 3. The highest BCUT2D eigenvalue weighted by molar-refractivity contribution is 6.29. The van der Waals surface area contributed by atoms with Gasteiger partial charge >= 0.3 is 0 Å². The van der Waals surface area contributed by atoms with Gasteiger partial charge in [-0.25, -0.2) is 9.97 Å². The third kappa shape index (κ3) is 3.19. The summed E-state index contributed by atoms with van der Waals surface area (Å²) in [6, 6.07) is 12.9. The smallest absolute Gasteiger partial charge is 0.135 e. The summed E-state index contributed by atoms with van der Waals surface area (Å²) in [6.45, 7) is 2.97. The van der Waals surface area contributed by atoms with E-state index < -0.39 is 0 Å². The van der Waals surface area contributed by atoms with Gasteiger partial charge in [-0.05, 0) is 25.5 Å². The number of halogens is 1. The Bertz CT molecular complexity index is 687. The summed E-state index contributed by atoms with van der Waals surface area (Å²) in [6.07, 6.45) is 2.37. The lowest BCUT2D eigenvalue weighted by Gasteiger charge is -2.41. The van der Waals surface area contributed by atoms with Gasteiger partial charge in [0, 0.05) is 31.6 Å². The van der Waals surface area contributed by atoms with Crippen molar-refractivity contribution < 1.29 is 0 Å². The van der Waals surface area contributed by atoms with Crippen LogP contribution in [-0.2, 0) is 0 Å². The summed E-state index contributed by atoms with van der Waals surface area (Å²) in [4.78, 5) is 14.0. The van der Waals surface area contributed by atoms with Crippen molar-refractivity contribution in [2.45, 2.75) is 24.8 Å². The van der Waals surface area contributed by atoms with Crippen LogP contribution in [0.25, 0.3) is 0 Å². The van der Waals surface area contributed by atoms with Gasteiger partial charge in [-0.1, -0.05) is 41.9 Å². The molecule has 0 N–H and O–H groups in total. The maximum atomic E-state index is 6.28. The zero-order valence-electron chi connectivity index (χ0n) is 13.3. The van der Waals surface area contributed by atoms with E-state index in [1.807, 2.05) is 6.07 Å². The SMILES string of the molecule is CN1CCN(c2cc(Cl)nc(C3CC3)n2)C(c2ccccc2)C1. The van der Waals surface area contributed by atoms with Gasteiger partial charge in [0.1, 0.15) is 16.8 Å². The summed E-state index contributed by atoms with van der Waals surface area (Å²) in [7, 11) is 2.18. The molecule has 1 aromatic heterocycles. The highest BCUT2D eigenvalue weighted by Gasteiger charge is 2.31. The second-order valence-corrected chi connectivity index (χ2v) is 6.95. The van der Waals surface area contributed by atoms with Gasteiger partial charge in [0.05, 0.1) is 6.04 Å². The number of hydrogen-bond acceptors (Lipinski definition) is 4. The van der Waals surface area contributed by atoms with Crippen LogP contribution in [0.15, 0.2) is 36.4 Å². The molecule has 0 bridgehead atoms. The van der Waals surface area contributed by atoms with Crippen molar-refractivity contribution in [1.29, 1.82) is 0 Å². The van der Waals surface area contributed by atoms with Crippen molar-refractivity contribution in [1.82, 2.24) is 14.9 Å². The number of anilines is 1. The summed E-state index contributed by atoms with van der Waals surface area (Å²) in [5, 5.41) is 0.558. The molecule has 2 heterocycles. The van der Waals surface area contributed by atoms with E-state index in [-0.39, 0.29) is 0 Å². The topological polar surface area (TPSA) is 32.3 Å². The van der Waals surface area contributed by atoms with Crippen LogP contribution in [0.3, 0.4) is 0 Å². The van der Waals surface area contributed by atoms with Crippen molar-refractivity contribution in [2.24, 2.45) is 0 Å². The van der Waals surface area contributed by atoms with Gasteiger partial charge in [-0.2, -0.15) is 0 Å². The number of aromatic nitrogens is 2. The molecule has 2 fully saturated rings. The Labute approximate surface area is 142 Å². The van der Waals surface area contributed by atoms with Crippen LogP contribution < -0.4 is 4.90 Å². The van der Waals surface area contributed by atoms with Crippen molar-refractivity contribution in [3.8, 4) is 0 Å². The van der Waals surface area contributed by atoms with E-state index in [2.05, 4.69) is 52.2 Å². The van der Waals surface area contributed by atoms with Gasteiger partial charge < -0.3 is 9.80 Å². The van der Waals surface area contributed by atoms with Crippen molar-refractivity contribution in [2.75, 3.05) is 31.6 Å². The van der Waals surface area contributed by atoms with E-state index in [1.165, 1.54) is 18.4 Å². The Kier molecular flexibility index (Phi) is 3.95. The zero-order valence-corrected chi connectivity index (χ0v) is 14.1. The van der Waals surface area contributed by atoms with Gasteiger partial charge in [-0.3, -0.25) is 0 Å². The Hall–Kier alpha value is -1.65. The summed E-state index contributed by atoms with van der Waals surface area (Å²) in [5.41, 5.74) is 1.32. The predicted molar refractivity (Wildman–Crippen MR) is 93.0 cm³/mol. The molecule has 1 aliphatic carbocycles. The van der Waals surface area contributed by atoms with E-state index in [9.17, 15) is 0 Å². The molecular formula is C18H21ClN4. The zero-order chi connectivity index (χ0) is 15.8. The molecule has 120 valence electrons. The van der Waals surface area contributed by atoms with Gasteiger partial charge in [0.15, 0.2) is 0 Å². The lowest BCUT2D eigenvalue weighted by Crippen LogP contribution is -2.47. The molecule has 0 amide bonds. The monoisotopic (exact) mass is 328 g/mol. The van der Waals surface area contributed by atoms with Crippen LogP contribution in [0.1, 0.15) is 36.2 Å². The Morgan fingerprint density at radius 1 is 1.09 bits per heavy atom. The van der Waals surface area contributed by atoms with Crippen molar-refractivity contribution >= 4 is 17.4 Å². The standard InChI is InChI=1S/C18H21ClN4/c1-22-9-10-23(15(12-22)13-5-3-2-4-6-13)17-11-16(19)20-18(21-17)14-7-8-14/h2-6,11,14-15H,7-10,12H2,1H3. The number of benzene rings is 1. The molecule has 2 aromatic rings. The fraction of sp³-hybridized carbons (Fsp3) is 0.444. The minimum absolute atomic E-state index is 0.299. The fourth-order valence-corrected chi connectivity index (χ4v) is 3.43. The average molecular weight is 329 g/mol. The third-order valence-corrected chi connectivity index (χ3v) is 4.90. The lowest BCUT2D eigenvalue weighted by molar-refractivity contribution is 0.268. The van der Waals surface area contributed by atoms with E-state index >= 15 is 0 Å². The highest BCUT2D eigenvalue weighted by atomic mass is 35.5. The van der Waals surface area contributed by atoms with E-state index in [1.54, 1.807) is 0 Å². The Morgan fingerprint density at radius 3 is 2.61 bits per heavy atom. The van der Waals surface area contributed by atoms with Crippen LogP contribution in [0.2, 0.25) is 5.15 Å². The molecule has 4 nitrogen and oxygen atoms in total. The van der Waals surface area contributed by atoms with E-state index in [0.29, 0.717) is 17.1 Å². The van der Waals surface area contributed by atoms with Gasteiger partial charge in [0.2, 0.25) is 0 Å². The van der Waals surface area contributed by atoms with Crippen molar-refractivity contribution in [3.63, 3.8) is 0 Å². The molecule has 1 aliphatic heterocycles. The largest absolute Gasteiger partial charge is 0.347 e. The number of likely N-dealkylation sites (N-methyl/N-ethyl adjacent to an activating group) is 1. The number of hydrogen-bond donors (Lipinski definition) is 0. The molecule has 1 saturated carbocycles. The molecule has 23 heavy (non-hydrogen) atoms. The fourth-order valence-electron chi connectivity index (χ4n) is 3.25. The Balaban J connectivity index is 1.70. The molecule has 1 aromatic carbocycles. The van der Waals surface area contributed by atoms with Gasteiger partial charge in [0.25, 0.3) is 0 Å². The molecule has 2 aliphatic rings. The summed E-state index contributed by atoms with van der Waals surface area (Å²) < 4.78 is 0. The second kappa shape index (κ2) is 6.10. The van der Waals surface area contributed by atoms with Crippen molar-refractivity contribution in [3.05, 3.63) is 52.9 Å². The summed E-state index contributed by atoms with van der Waals surface area (Å²) in [5.74, 6) is 2.39. The Morgan fingerprint density at radius 2 is 1.87 bits per heavy atom. The molecule has 4 rings (SSSR count). The minimum Gasteiger partial charge on any atom is -0.347 e. The van der Waals surface area contributed by atoms with Gasteiger partial charge in [-0.15, -0.1) is 0 Å². The third-order valence-electron chi connectivity index (χ3n) is 4.70. The van der Waals surface area contributed by atoms with Crippen LogP contribution in [-0.4, -0.2) is 41.5 Å². The molecular weight excluding hydrogens is 308 g/mol. The summed E-state index contributed by atoms with van der Waals surface area (Å²) >= 11 is 6.28. The maximum absolute atomic E-state index is 6.28. The van der Waals surface area contributed by atoms with E-state index in [0.717, 1.165) is 31.3 Å². The number of piperazine rings is 1. The predicted octanol–water partition coefficient (Wildman–Crippen LogP) is 3.50. The molecule has 1 unspecified atom stereocenters. The first-order valence-corrected chi connectivity index (χ1v) is 8.63. The highest BCUT2D eigenvalue weighted by Crippen LogP contribution is 2.40. The molecule has 1 atom stereocenters. The normalized spacial score (nSPS) is 22.3. The first-order chi connectivity index (χ1) is 11.2. The molecule has 0 radical (unpaired) electrons. The second-order valence-electron chi connectivity index (χ2n) is 6.56. The van der Waals surface area contributed by atoms with Crippen LogP contribution in [0, 0.1) is 0 Å². The average Bonchev–Trinajstić information content (AvgIpc) is 3.40. The maximum Gasteiger partial charge on any atom is 0.135 e. The first-order valence-electron chi connectivity index (χ1n) is 8.25. The van der Waals surface area contributed by atoms with Crippen LogP contribution in [0.4, 0.5) is 5.82 Å². The lowest BCUT2D eigenvalue weighted by atomic mass is 10.0. The number of nitrogens with zero attached hydrogens (tertiary/aromatic N) is 4. The van der Waals surface area contributed by atoms with E-state index in [4.69, 9.17) is 16.6 Å². The van der Waals surface area contributed by atoms with Crippen LogP contribution >= 0.6 is 11.6 Å². The molecule has 0 spiro atoms. The first kappa shape index (κ1) is 14.9.